The molecule has 1 saturated heterocycles. The molecule has 0 aromatic heterocycles. The highest BCUT2D eigenvalue weighted by molar-refractivity contribution is 14.1. The molecule has 3 nitrogen and oxygen atoms in total. The average Bonchev–Trinajstić information content (AvgIpc) is 2.35. The highest BCUT2D eigenvalue weighted by Gasteiger charge is 2.20. The Morgan fingerprint density at radius 1 is 1.41 bits per heavy atom. The molecular formula is C13H17IN2O. The topological polar surface area (TPSA) is 41.1 Å². The van der Waals surface area contributed by atoms with Crippen LogP contribution in [-0.4, -0.2) is 19.0 Å². The predicted molar refractivity (Wildman–Crippen MR) is 78.1 cm³/mol. The van der Waals surface area contributed by atoms with Crippen molar-refractivity contribution in [2.24, 2.45) is 5.92 Å². The molecule has 92 valence electrons. The van der Waals surface area contributed by atoms with E-state index in [0.717, 1.165) is 31.6 Å². The summed E-state index contributed by atoms with van der Waals surface area (Å²) in [4.78, 5) is 12.0. The van der Waals surface area contributed by atoms with Crippen molar-refractivity contribution in [3.05, 3.63) is 27.3 Å². The van der Waals surface area contributed by atoms with Gasteiger partial charge >= 0.3 is 0 Å². The third kappa shape index (κ3) is 3.42. The Morgan fingerprint density at radius 3 is 2.76 bits per heavy atom. The molecule has 1 fully saturated rings. The number of carbonyl (C=O) groups is 1. The fourth-order valence-corrected chi connectivity index (χ4v) is 2.51. The van der Waals surface area contributed by atoms with Crippen molar-refractivity contribution < 1.29 is 4.79 Å². The summed E-state index contributed by atoms with van der Waals surface area (Å²) in [6.45, 7) is 3.97. The zero-order valence-corrected chi connectivity index (χ0v) is 12.1. The summed E-state index contributed by atoms with van der Waals surface area (Å²) in [5.74, 6) is 0.321. The summed E-state index contributed by atoms with van der Waals surface area (Å²) in [5.41, 5.74) is 2.15. The Hall–Kier alpha value is -0.620. The largest absolute Gasteiger partial charge is 0.326 e. The second-order valence-electron chi connectivity index (χ2n) is 4.48. The Labute approximate surface area is 116 Å². The molecule has 1 amide bonds. The van der Waals surface area contributed by atoms with E-state index in [1.165, 1.54) is 9.13 Å². The second kappa shape index (κ2) is 5.82. The fourth-order valence-electron chi connectivity index (χ4n) is 2.00. The van der Waals surface area contributed by atoms with Crippen molar-refractivity contribution in [2.45, 2.75) is 19.8 Å². The van der Waals surface area contributed by atoms with E-state index in [0.29, 0.717) is 0 Å². The van der Waals surface area contributed by atoms with Crippen LogP contribution in [0.2, 0.25) is 0 Å². The quantitative estimate of drug-likeness (QED) is 0.810. The van der Waals surface area contributed by atoms with Crippen molar-refractivity contribution in [1.29, 1.82) is 0 Å². The Bertz CT molecular complexity index is 414. The third-order valence-corrected chi connectivity index (χ3v) is 4.31. The van der Waals surface area contributed by atoms with Gasteiger partial charge in [0.05, 0.1) is 0 Å². The summed E-state index contributed by atoms with van der Waals surface area (Å²) >= 11 is 2.29. The van der Waals surface area contributed by atoms with Crippen LogP contribution in [0.5, 0.6) is 0 Å². The minimum Gasteiger partial charge on any atom is -0.326 e. The van der Waals surface area contributed by atoms with Gasteiger partial charge in [0.15, 0.2) is 0 Å². The molecule has 1 aliphatic heterocycles. The lowest BCUT2D eigenvalue weighted by molar-refractivity contribution is -0.120. The summed E-state index contributed by atoms with van der Waals surface area (Å²) in [5, 5.41) is 6.28. The van der Waals surface area contributed by atoms with Crippen LogP contribution in [0.15, 0.2) is 18.2 Å². The summed E-state index contributed by atoms with van der Waals surface area (Å²) in [6, 6.07) is 6.03. The van der Waals surface area contributed by atoms with E-state index in [4.69, 9.17) is 0 Å². The van der Waals surface area contributed by atoms with Crippen LogP contribution in [0.1, 0.15) is 18.4 Å². The van der Waals surface area contributed by atoms with E-state index in [1.807, 2.05) is 18.2 Å². The van der Waals surface area contributed by atoms with Crippen LogP contribution < -0.4 is 10.6 Å². The predicted octanol–water partition coefficient (Wildman–Crippen LogP) is 2.54. The zero-order chi connectivity index (χ0) is 12.3. The van der Waals surface area contributed by atoms with Crippen molar-refractivity contribution in [2.75, 3.05) is 18.4 Å². The maximum Gasteiger partial charge on any atom is 0.227 e. The lowest BCUT2D eigenvalue weighted by Gasteiger charge is -2.21. The molecule has 4 heteroatoms. The number of hydrogen-bond donors (Lipinski definition) is 2. The smallest absolute Gasteiger partial charge is 0.227 e. The van der Waals surface area contributed by atoms with E-state index in [2.05, 4.69) is 40.1 Å². The molecule has 0 bridgehead atoms. The highest BCUT2D eigenvalue weighted by atomic mass is 127. The van der Waals surface area contributed by atoms with Gasteiger partial charge < -0.3 is 10.6 Å². The molecule has 0 aliphatic carbocycles. The number of nitrogens with one attached hydrogen (secondary N) is 2. The lowest BCUT2D eigenvalue weighted by atomic mass is 9.97. The molecule has 2 N–H and O–H groups in total. The molecule has 0 spiro atoms. The van der Waals surface area contributed by atoms with E-state index in [-0.39, 0.29) is 11.8 Å². The normalized spacial score (nSPS) is 16.8. The zero-order valence-electron chi connectivity index (χ0n) is 9.92. The number of piperidine rings is 1. The van der Waals surface area contributed by atoms with Crippen LogP contribution in [0, 0.1) is 16.4 Å². The van der Waals surface area contributed by atoms with Gasteiger partial charge in [-0.15, -0.1) is 0 Å². The first kappa shape index (κ1) is 12.8. The Kier molecular flexibility index (Phi) is 4.39. The summed E-state index contributed by atoms with van der Waals surface area (Å²) in [6.07, 6.45) is 1.88. The first-order valence-corrected chi connectivity index (χ1v) is 7.02. The van der Waals surface area contributed by atoms with Gasteiger partial charge in [0.25, 0.3) is 0 Å². The van der Waals surface area contributed by atoms with Gasteiger partial charge in [0.1, 0.15) is 0 Å². The van der Waals surface area contributed by atoms with Crippen LogP contribution in [0.4, 0.5) is 5.69 Å². The van der Waals surface area contributed by atoms with Gasteiger partial charge in [0, 0.05) is 15.2 Å². The van der Waals surface area contributed by atoms with Gasteiger partial charge in [-0.25, -0.2) is 0 Å². The molecule has 0 atom stereocenters. The maximum absolute atomic E-state index is 12.0. The molecule has 1 heterocycles. The molecule has 0 radical (unpaired) electrons. The van der Waals surface area contributed by atoms with Gasteiger partial charge in [0.2, 0.25) is 5.91 Å². The first-order valence-electron chi connectivity index (χ1n) is 5.94. The fraction of sp³-hybridized carbons (Fsp3) is 0.462. The van der Waals surface area contributed by atoms with Crippen LogP contribution in [0.25, 0.3) is 0 Å². The highest BCUT2D eigenvalue weighted by Crippen LogP contribution is 2.19. The number of amides is 1. The molecule has 1 aromatic rings. The van der Waals surface area contributed by atoms with Crippen molar-refractivity contribution in [3.8, 4) is 0 Å². The standard InChI is InChI=1S/C13H17IN2O/c1-9-2-3-11(8-12(9)14)16-13(17)10-4-6-15-7-5-10/h2-3,8,10,15H,4-7H2,1H3,(H,16,17). The van der Waals surface area contributed by atoms with Crippen molar-refractivity contribution >= 4 is 34.2 Å². The van der Waals surface area contributed by atoms with E-state index in [9.17, 15) is 4.79 Å². The monoisotopic (exact) mass is 344 g/mol. The third-order valence-electron chi connectivity index (χ3n) is 3.15. The molecular weight excluding hydrogens is 327 g/mol. The molecule has 2 rings (SSSR count). The molecule has 1 aliphatic rings. The number of anilines is 1. The van der Waals surface area contributed by atoms with Gasteiger partial charge in [-0.2, -0.15) is 0 Å². The first-order chi connectivity index (χ1) is 8.16. The molecule has 0 unspecified atom stereocenters. The molecule has 1 aromatic carbocycles. The van der Waals surface area contributed by atoms with E-state index >= 15 is 0 Å². The molecule has 0 saturated carbocycles. The summed E-state index contributed by atoms with van der Waals surface area (Å²) < 4.78 is 1.19. The number of hydrogen-bond acceptors (Lipinski definition) is 2. The number of rotatable bonds is 2. The number of halogens is 1. The number of aryl methyl sites for hydroxylation is 1. The minimum absolute atomic E-state index is 0.158. The average molecular weight is 344 g/mol. The van der Waals surface area contributed by atoms with E-state index in [1.54, 1.807) is 0 Å². The van der Waals surface area contributed by atoms with Crippen LogP contribution >= 0.6 is 22.6 Å². The Morgan fingerprint density at radius 2 is 2.12 bits per heavy atom. The SMILES string of the molecule is Cc1ccc(NC(=O)C2CCNCC2)cc1I. The lowest BCUT2D eigenvalue weighted by Crippen LogP contribution is -2.34. The maximum atomic E-state index is 12.0. The molecule has 17 heavy (non-hydrogen) atoms. The second-order valence-corrected chi connectivity index (χ2v) is 5.64. The minimum atomic E-state index is 0.158. The van der Waals surface area contributed by atoms with E-state index < -0.39 is 0 Å². The number of carbonyl (C=O) groups excluding carboxylic acids is 1. The van der Waals surface area contributed by atoms with Gasteiger partial charge in [-0.1, -0.05) is 6.07 Å². The Balaban J connectivity index is 1.99. The van der Waals surface area contributed by atoms with Gasteiger partial charge in [-0.05, 0) is 73.1 Å². The van der Waals surface area contributed by atoms with Crippen molar-refractivity contribution in [1.82, 2.24) is 5.32 Å². The number of benzene rings is 1. The van der Waals surface area contributed by atoms with Gasteiger partial charge in [-0.3, -0.25) is 4.79 Å². The van der Waals surface area contributed by atoms with Crippen LogP contribution in [0.3, 0.4) is 0 Å². The van der Waals surface area contributed by atoms with Crippen LogP contribution in [-0.2, 0) is 4.79 Å². The summed E-state index contributed by atoms with van der Waals surface area (Å²) in [7, 11) is 0. The van der Waals surface area contributed by atoms with Crippen molar-refractivity contribution in [3.63, 3.8) is 0 Å².